The predicted molar refractivity (Wildman–Crippen MR) is 121 cm³/mol. The van der Waals surface area contributed by atoms with Gasteiger partial charge in [0, 0.05) is 31.9 Å². The molecule has 1 aliphatic heterocycles. The van der Waals surface area contributed by atoms with Gasteiger partial charge in [-0.25, -0.2) is 4.98 Å². The zero-order chi connectivity index (χ0) is 22.1. The monoisotopic (exact) mass is 411 g/mol. The molecule has 7 heteroatoms. The third-order valence-corrected chi connectivity index (χ3v) is 4.97. The number of imidazole rings is 1. The number of amides is 2. The van der Waals surface area contributed by atoms with E-state index < -0.39 is 0 Å². The second-order valence-corrected chi connectivity index (χ2v) is 7.35. The number of rotatable bonds is 6. The van der Waals surface area contributed by atoms with Crippen LogP contribution in [0.5, 0.6) is 0 Å². The molecule has 3 rings (SSSR count). The van der Waals surface area contributed by atoms with Gasteiger partial charge in [0.15, 0.2) is 0 Å². The Morgan fingerprint density at radius 1 is 1.33 bits per heavy atom. The molecule has 0 aromatic carbocycles. The number of likely N-dealkylation sites (tertiary alicyclic amines) is 1. The smallest absolute Gasteiger partial charge is 0.274 e. The quantitative estimate of drug-likeness (QED) is 0.742. The summed E-state index contributed by atoms with van der Waals surface area (Å²) in [7, 11) is 4.06. The highest BCUT2D eigenvalue weighted by Gasteiger charge is 2.29. The average Bonchev–Trinajstić information content (AvgIpc) is 3.39. The lowest BCUT2D eigenvalue weighted by Crippen LogP contribution is -2.34. The topological polar surface area (TPSA) is 70.0 Å². The van der Waals surface area contributed by atoms with Gasteiger partial charge in [-0.2, -0.15) is 0 Å². The maximum absolute atomic E-state index is 12.7. The summed E-state index contributed by atoms with van der Waals surface area (Å²) < 4.78 is 1.68. The van der Waals surface area contributed by atoms with Crippen LogP contribution in [0.1, 0.15) is 47.7 Å². The summed E-state index contributed by atoms with van der Waals surface area (Å²) >= 11 is 0. The third-order valence-electron chi connectivity index (χ3n) is 4.97. The van der Waals surface area contributed by atoms with E-state index in [1.54, 1.807) is 34.9 Å². The van der Waals surface area contributed by atoms with Gasteiger partial charge in [-0.3, -0.25) is 14.0 Å². The zero-order valence-electron chi connectivity index (χ0n) is 18.5. The molecule has 0 aliphatic carbocycles. The van der Waals surface area contributed by atoms with Crippen LogP contribution in [-0.2, 0) is 0 Å². The second kappa shape index (κ2) is 11.3. The molecule has 3 heterocycles. The van der Waals surface area contributed by atoms with E-state index in [0.717, 1.165) is 19.4 Å². The molecule has 2 aromatic heterocycles. The number of allylic oxidation sites excluding steroid dienone is 3. The summed E-state index contributed by atoms with van der Waals surface area (Å²) in [5.74, 6) is -0.252. The first-order valence-corrected chi connectivity index (χ1v) is 10.4. The Balaban J connectivity index is 0.000000469. The van der Waals surface area contributed by atoms with Gasteiger partial charge in [0.1, 0.15) is 17.0 Å². The van der Waals surface area contributed by atoms with E-state index >= 15 is 0 Å². The van der Waals surface area contributed by atoms with Gasteiger partial charge in [0.05, 0.1) is 0 Å². The van der Waals surface area contributed by atoms with Gasteiger partial charge >= 0.3 is 0 Å². The molecule has 2 aromatic rings. The molecule has 1 fully saturated rings. The first kappa shape index (κ1) is 23.3. The first-order chi connectivity index (χ1) is 14.4. The third kappa shape index (κ3) is 5.79. The van der Waals surface area contributed by atoms with Crippen LogP contribution in [0.15, 0.2) is 49.2 Å². The molecule has 7 nitrogen and oxygen atoms in total. The minimum Gasteiger partial charge on any atom is -0.351 e. The lowest BCUT2D eigenvalue weighted by Gasteiger charge is -2.19. The van der Waals surface area contributed by atoms with Gasteiger partial charge in [-0.05, 0) is 46.0 Å². The number of carbonyl (C=O) groups excluding carboxylic acids is 2. The molecule has 2 amide bonds. The van der Waals surface area contributed by atoms with Crippen molar-refractivity contribution in [2.45, 2.75) is 32.7 Å². The van der Waals surface area contributed by atoms with E-state index in [-0.39, 0.29) is 11.8 Å². The van der Waals surface area contributed by atoms with Crippen LogP contribution in [0.25, 0.3) is 5.65 Å². The SMILES string of the molecule is C=C/C=C\CC.CCNC(=O)c1cccc2nc(C(=O)N3CCC(N(C)C)C3)cn12. The minimum atomic E-state index is -0.173. The highest BCUT2D eigenvalue weighted by Crippen LogP contribution is 2.17. The predicted octanol–water partition coefficient (Wildman–Crippen LogP) is 3.00. The summed E-state index contributed by atoms with van der Waals surface area (Å²) in [6, 6.07) is 5.69. The standard InChI is InChI=1S/C17H23N5O2.C6H10/c1-4-18-16(23)14-6-5-7-15-19-13(11-22(14)15)17(24)21-9-8-12(10-21)20(2)3;1-3-5-6-4-2/h5-7,11-12H,4,8-10H2,1-3H3,(H,18,23);3,5-6H,1,4H2,2H3/b;6-5-. The van der Waals surface area contributed by atoms with Gasteiger partial charge in [-0.1, -0.05) is 37.8 Å². The molecule has 0 radical (unpaired) electrons. The van der Waals surface area contributed by atoms with Crippen LogP contribution in [-0.4, -0.2) is 70.8 Å². The fourth-order valence-electron chi connectivity index (χ4n) is 3.29. The van der Waals surface area contributed by atoms with E-state index in [9.17, 15) is 9.59 Å². The summed E-state index contributed by atoms with van der Waals surface area (Å²) in [6.45, 7) is 9.48. The van der Waals surface area contributed by atoms with E-state index in [1.807, 2.05) is 32.0 Å². The Morgan fingerprint density at radius 2 is 2.10 bits per heavy atom. The Bertz CT molecular complexity index is 900. The molecule has 1 saturated heterocycles. The van der Waals surface area contributed by atoms with Gasteiger partial charge in [-0.15, -0.1) is 0 Å². The van der Waals surface area contributed by atoms with Crippen molar-refractivity contribution in [3.8, 4) is 0 Å². The van der Waals surface area contributed by atoms with Gasteiger partial charge in [0.25, 0.3) is 11.8 Å². The summed E-state index contributed by atoms with van der Waals surface area (Å²) in [4.78, 5) is 33.3. The van der Waals surface area contributed by atoms with E-state index in [0.29, 0.717) is 36.2 Å². The van der Waals surface area contributed by atoms with Gasteiger partial charge in [0.2, 0.25) is 0 Å². The fraction of sp³-hybridized carbons (Fsp3) is 0.435. The Morgan fingerprint density at radius 3 is 2.67 bits per heavy atom. The van der Waals surface area contributed by atoms with Crippen LogP contribution < -0.4 is 5.32 Å². The number of fused-ring (bicyclic) bond motifs is 1. The summed E-state index contributed by atoms with van der Waals surface area (Å²) in [5, 5.41) is 2.78. The summed E-state index contributed by atoms with van der Waals surface area (Å²) in [5.41, 5.74) is 1.46. The second-order valence-electron chi connectivity index (χ2n) is 7.35. The lowest BCUT2D eigenvalue weighted by molar-refractivity contribution is 0.0777. The number of aromatic nitrogens is 2. The zero-order valence-corrected chi connectivity index (χ0v) is 18.5. The van der Waals surface area contributed by atoms with Crippen LogP contribution in [0.3, 0.4) is 0 Å². The highest BCUT2D eigenvalue weighted by molar-refractivity contribution is 5.95. The maximum Gasteiger partial charge on any atom is 0.274 e. The van der Waals surface area contributed by atoms with Crippen molar-refractivity contribution in [1.29, 1.82) is 0 Å². The normalized spacial score (nSPS) is 16.0. The van der Waals surface area contributed by atoms with Crippen LogP contribution in [0.4, 0.5) is 0 Å². The van der Waals surface area contributed by atoms with Crippen molar-refractivity contribution in [3.05, 3.63) is 60.6 Å². The molecule has 0 bridgehead atoms. The largest absolute Gasteiger partial charge is 0.351 e. The van der Waals surface area contributed by atoms with Crippen LogP contribution in [0.2, 0.25) is 0 Å². The Kier molecular flexibility index (Phi) is 8.80. The minimum absolute atomic E-state index is 0.0788. The number of nitrogens with one attached hydrogen (secondary N) is 1. The van der Waals surface area contributed by atoms with Crippen LogP contribution >= 0.6 is 0 Å². The molecule has 0 spiro atoms. The molecular weight excluding hydrogens is 378 g/mol. The van der Waals surface area contributed by atoms with E-state index in [2.05, 4.69) is 34.8 Å². The lowest BCUT2D eigenvalue weighted by atomic mass is 10.2. The fourth-order valence-corrected chi connectivity index (χ4v) is 3.29. The van der Waals surface area contributed by atoms with Crippen molar-refractivity contribution in [3.63, 3.8) is 0 Å². The number of likely N-dealkylation sites (N-methyl/N-ethyl adjacent to an activating group) is 1. The molecule has 162 valence electrons. The molecular formula is C23H33N5O2. The number of hydrogen-bond donors (Lipinski definition) is 1. The molecule has 30 heavy (non-hydrogen) atoms. The molecule has 0 saturated carbocycles. The van der Waals surface area contributed by atoms with Crippen molar-refractivity contribution in [1.82, 2.24) is 24.5 Å². The first-order valence-electron chi connectivity index (χ1n) is 10.4. The number of nitrogens with zero attached hydrogens (tertiary/aromatic N) is 4. The molecule has 1 atom stereocenters. The molecule has 1 aliphatic rings. The van der Waals surface area contributed by atoms with Gasteiger partial charge < -0.3 is 15.1 Å². The molecule has 1 unspecified atom stereocenters. The maximum atomic E-state index is 12.7. The summed E-state index contributed by atoms with van der Waals surface area (Å²) in [6.07, 6.45) is 9.52. The Hall–Kier alpha value is -2.93. The van der Waals surface area contributed by atoms with E-state index in [4.69, 9.17) is 0 Å². The van der Waals surface area contributed by atoms with Crippen molar-refractivity contribution in [2.75, 3.05) is 33.7 Å². The van der Waals surface area contributed by atoms with Crippen LogP contribution in [0, 0.1) is 0 Å². The Labute approximate surface area is 179 Å². The number of hydrogen-bond acceptors (Lipinski definition) is 4. The van der Waals surface area contributed by atoms with E-state index in [1.165, 1.54) is 0 Å². The number of pyridine rings is 1. The van der Waals surface area contributed by atoms with Crippen molar-refractivity contribution < 1.29 is 9.59 Å². The number of carbonyl (C=O) groups is 2. The van der Waals surface area contributed by atoms with Crippen molar-refractivity contribution >= 4 is 17.5 Å². The van der Waals surface area contributed by atoms with Crippen molar-refractivity contribution in [2.24, 2.45) is 0 Å². The highest BCUT2D eigenvalue weighted by atomic mass is 16.2. The average molecular weight is 412 g/mol. The molecule has 1 N–H and O–H groups in total.